The van der Waals surface area contributed by atoms with Crippen molar-refractivity contribution in [2.75, 3.05) is 0 Å². The molecule has 0 fully saturated rings. The Morgan fingerprint density at radius 2 is 2.12 bits per heavy atom. The molecule has 0 aliphatic heterocycles. The Balaban J connectivity index is 1.76. The molecular weight excluding hydrogens is 296 g/mol. The number of rotatable bonds is 4. The van der Waals surface area contributed by atoms with Crippen LogP contribution in [0.15, 0.2) is 55.3 Å². The van der Waals surface area contributed by atoms with Crippen molar-refractivity contribution in [3.05, 3.63) is 77.9 Å². The van der Waals surface area contributed by atoms with Gasteiger partial charge in [-0.1, -0.05) is 24.3 Å². The number of aryl methyl sites for hydroxylation is 1. The number of aromatic amines is 1. The third-order valence-electron chi connectivity index (χ3n) is 4.20. The summed E-state index contributed by atoms with van der Waals surface area (Å²) in [5.41, 5.74) is 6.23. The second kappa shape index (κ2) is 5.89. The molecule has 4 heteroatoms. The van der Waals surface area contributed by atoms with E-state index in [1.165, 1.54) is 16.3 Å². The molecule has 0 spiro atoms. The highest BCUT2D eigenvalue weighted by atomic mass is 15.1. The van der Waals surface area contributed by atoms with Gasteiger partial charge in [0.2, 0.25) is 0 Å². The Hall–Kier alpha value is -3.01. The molecule has 4 rings (SSSR count). The fraction of sp³-hybridized carbons (Fsp3) is 0.150. The van der Waals surface area contributed by atoms with Gasteiger partial charge in [0.05, 0.1) is 11.4 Å². The van der Waals surface area contributed by atoms with E-state index >= 15 is 0 Å². The third kappa shape index (κ3) is 2.56. The summed E-state index contributed by atoms with van der Waals surface area (Å²) in [5, 5.41) is 9.84. The molecule has 4 nitrogen and oxygen atoms in total. The molecule has 24 heavy (non-hydrogen) atoms. The van der Waals surface area contributed by atoms with Crippen LogP contribution in [0.25, 0.3) is 21.8 Å². The molecular formula is C20H18N4. The van der Waals surface area contributed by atoms with Crippen LogP contribution in [0, 0.1) is 6.92 Å². The minimum Gasteiger partial charge on any atom is -0.279 e. The lowest BCUT2D eigenvalue weighted by molar-refractivity contribution is 1.01. The first kappa shape index (κ1) is 14.6. The first-order chi connectivity index (χ1) is 11.7. The molecule has 3 heterocycles. The number of nitrogens with one attached hydrogen (secondary N) is 1. The van der Waals surface area contributed by atoms with Crippen LogP contribution in [-0.4, -0.2) is 20.2 Å². The monoisotopic (exact) mass is 314 g/mol. The number of hydrogen-bond donors (Lipinski definition) is 1. The molecule has 0 unspecified atom stereocenters. The molecule has 0 aliphatic rings. The van der Waals surface area contributed by atoms with E-state index in [9.17, 15) is 0 Å². The van der Waals surface area contributed by atoms with Crippen molar-refractivity contribution in [2.24, 2.45) is 0 Å². The van der Waals surface area contributed by atoms with Crippen LogP contribution in [0.1, 0.15) is 22.6 Å². The average Bonchev–Trinajstić information content (AvgIpc) is 2.98. The lowest BCUT2D eigenvalue weighted by Gasteiger charge is -2.08. The average molecular weight is 314 g/mol. The Morgan fingerprint density at radius 1 is 1.21 bits per heavy atom. The van der Waals surface area contributed by atoms with Crippen molar-refractivity contribution in [1.29, 1.82) is 0 Å². The highest BCUT2D eigenvalue weighted by molar-refractivity contribution is 5.86. The van der Waals surface area contributed by atoms with Crippen molar-refractivity contribution in [3.63, 3.8) is 0 Å². The van der Waals surface area contributed by atoms with Crippen LogP contribution < -0.4 is 0 Å². The maximum absolute atomic E-state index is 4.64. The molecule has 0 amide bonds. The number of fused-ring (bicyclic) bond motifs is 2. The van der Waals surface area contributed by atoms with Crippen LogP contribution in [0.4, 0.5) is 0 Å². The zero-order valence-corrected chi connectivity index (χ0v) is 13.6. The van der Waals surface area contributed by atoms with Crippen LogP contribution >= 0.6 is 0 Å². The Morgan fingerprint density at radius 3 is 3.00 bits per heavy atom. The number of H-pyrrole nitrogens is 1. The summed E-state index contributed by atoms with van der Waals surface area (Å²) in [6, 6.07) is 12.5. The summed E-state index contributed by atoms with van der Waals surface area (Å²) in [6.45, 7) is 5.86. The fourth-order valence-electron chi connectivity index (χ4n) is 3.15. The maximum atomic E-state index is 4.64. The Kier molecular flexibility index (Phi) is 3.58. The largest absolute Gasteiger partial charge is 0.279 e. The van der Waals surface area contributed by atoms with Crippen LogP contribution in [-0.2, 0) is 12.8 Å². The summed E-state index contributed by atoms with van der Waals surface area (Å²) < 4.78 is 0. The SMILES string of the molecule is C=CCc1nc(C)cc2cc(Cc3[nH]nc4cccnc34)ccc12. The predicted molar refractivity (Wildman–Crippen MR) is 97.1 cm³/mol. The highest BCUT2D eigenvalue weighted by Gasteiger charge is 2.09. The lowest BCUT2D eigenvalue weighted by atomic mass is 10.0. The second-order valence-corrected chi connectivity index (χ2v) is 6.01. The summed E-state index contributed by atoms with van der Waals surface area (Å²) in [4.78, 5) is 9.08. The smallest absolute Gasteiger partial charge is 0.112 e. The molecule has 4 aromatic rings. The predicted octanol–water partition coefficient (Wildman–Crippen LogP) is 4.13. The Labute approximate surface area is 140 Å². The summed E-state index contributed by atoms with van der Waals surface area (Å²) in [5.74, 6) is 0. The number of hydrogen-bond acceptors (Lipinski definition) is 3. The molecule has 1 N–H and O–H groups in total. The normalized spacial score (nSPS) is 11.2. The fourth-order valence-corrected chi connectivity index (χ4v) is 3.15. The summed E-state index contributed by atoms with van der Waals surface area (Å²) in [7, 11) is 0. The molecule has 0 saturated heterocycles. The third-order valence-corrected chi connectivity index (χ3v) is 4.20. The molecule has 118 valence electrons. The highest BCUT2D eigenvalue weighted by Crippen LogP contribution is 2.23. The van der Waals surface area contributed by atoms with Crippen LogP contribution in [0.3, 0.4) is 0 Å². The molecule has 0 aliphatic carbocycles. The van der Waals surface area contributed by atoms with Crippen LogP contribution in [0.5, 0.6) is 0 Å². The van der Waals surface area contributed by atoms with Gasteiger partial charge in [-0.25, -0.2) is 0 Å². The zero-order chi connectivity index (χ0) is 16.5. The Bertz CT molecular complexity index is 1050. The minimum absolute atomic E-state index is 0.779. The van der Waals surface area contributed by atoms with E-state index in [4.69, 9.17) is 0 Å². The van der Waals surface area contributed by atoms with Gasteiger partial charge < -0.3 is 0 Å². The number of nitrogens with zero attached hydrogens (tertiary/aromatic N) is 3. The van der Waals surface area contributed by atoms with E-state index in [2.05, 4.69) is 51.0 Å². The summed E-state index contributed by atoms with van der Waals surface area (Å²) in [6.07, 6.45) is 5.27. The topological polar surface area (TPSA) is 54.5 Å². The van der Waals surface area contributed by atoms with Gasteiger partial charge >= 0.3 is 0 Å². The zero-order valence-electron chi connectivity index (χ0n) is 13.6. The van der Waals surface area contributed by atoms with Crippen molar-refractivity contribution in [3.8, 4) is 0 Å². The van der Waals surface area contributed by atoms with Crippen molar-refractivity contribution in [2.45, 2.75) is 19.8 Å². The van der Waals surface area contributed by atoms with Gasteiger partial charge in [0.1, 0.15) is 11.0 Å². The van der Waals surface area contributed by atoms with Gasteiger partial charge in [-0.2, -0.15) is 5.10 Å². The lowest BCUT2D eigenvalue weighted by Crippen LogP contribution is -1.95. The van der Waals surface area contributed by atoms with E-state index in [0.717, 1.165) is 41.0 Å². The standard InChI is InChI=1S/C20H18N4/c1-3-5-17-16-8-7-14(11-15(16)10-13(2)22-17)12-19-20-18(23-24-19)6-4-9-21-20/h3-4,6-11H,1,5,12H2,2H3,(H,23,24). The second-order valence-electron chi connectivity index (χ2n) is 6.01. The maximum Gasteiger partial charge on any atom is 0.112 e. The van der Waals surface area contributed by atoms with Gasteiger partial charge in [-0.05, 0) is 36.1 Å². The van der Waals surface area contributed by atoms with E-state index < -0.39 is 0 Å². The molecule has 0 bridgehead atoms. The number of aromatic nitrogens is 4. The van der Waals surface area contributed by atoms with Crippen LogP contribution in [0.2, 0.25) is 0 Å². The number of pyridine rings is 2. The summed E-state index contributed by atoms with van der Waals surface area (Å²) >= 11 is 0. The number of benzene rings is 1. The molecule has 1 aromatic carbocycles. The number of allylic oxidation sites excluding steroid dienone is 1. The van der Waals surface area contributed by atoms with Crippen molar-refractivity contribution in [1.82, 2.24) is 20.2 Å². The van der Waals surface area contributed by atoms with E-state index in [1.54, 1.807) is 6.20 Å². The molecule has 0 saturated carbocycles. The van der Waals surface area contributed by atoms with Gasteiger partial charge in [-0.15, -0.1) is 6.58 Å². The van der Waals surface area contributed by atoms with Gasteiger partial charge in [0, 0.05) is 30.1 Å². The van der Waals surface area contributed by atoms with E-state index in [1.807, 2.05) is 25.1 Å². The van der Waals surface area contributed by atoms with Gasteiger partial charge in [-0.3, -0.25) is 15.1 Å². The van der Waals surface area contributed by atoms with E-state index in [-0.39, 0.29) is 0 Å². The van der Waals surface area contributed by atoms with Crippen molar-refractivity contribution >= 4 is 21.8 Å². The van der Waals surface area contributed by atoms with Gasteiger partial charge in [0.25, 0.3) is 0 Å². The van der Waals surface area contributed by atoms with Gasteiger partial charge in [0.15, 0.2) is 0 Å². The molecule has 0 radical (unpaired) electrons. The van der Waals surface area contributed by atoms with E-state index in [0.29, 0.717) is 0 Å². The molecule has 3 aromatic heterocycles. The first-order valence-electron chi connectivity index (χ1n) is 8.02. The quantitative estimate of drug-likeness (QED) is 0.576. The molecule has 0 atom stereocenters. The van der Waals surface area contributed by atoms with Crippen molar-refractivity contribution < 1.29 is 0 Å². The first-order valence-corrected chi connectivity index (χ1v) is 8.02. The minimum atomic E-state index is 0.779.